The number of nitriles is 1. The van der Waals surface area contributed by atoms with Crippen LogP contribution in [0, 0.1) is 17.1 Å². The number of ether oxygens (including phenoxy) is 1. The number of nitrogens with zero attached hydrogens (tertiary/aromatic N) is 3. The first-order valence-electron chi connectivity index (χ1n) is 9.50. The lowest BCUT2D eigenvalue weighted by Crippen LogP contribution is -2.15. The third-order valence-electron chi connectivity index (χ3n) is 4.34. The standard InChI is InChI=1S/C21H21FN6O3S/c1-13(2)17-7-6-15(11-19(17)32(24,29)30)27-21-25-12-18(22)20(28-21)26-14-4-3-5-16(10-14)31-9-8-23/h3-7,10-13H,9H2,1-2H3,(H2,24,29,30)(H2,25,26,27,28). The van der Waals surface area contributed by atoms with Crippen LogP contribution in [0.2, 0.25) is 0 Å². The highest BCUT2D eigenvalue weighted by Gasteiger charge is 2.17. The molecule has 0 amide bonds. The van der Waals surface area contributed by atoms with Crippen LogP contribution in [0.15, 0.2) is 53.6 Å². The molecule has 0 saturated heterocycles. The number of sulfonamides is 1. The van der Waals surface area contributed by atoms with E-state index in [1.807, 2.05) is 19.9 Å². The van der Waals surface area contributed by atoms with Crippen LogP contribution < -0.4 is 20.5 Å². The second kappa shape index (κ2) is 9.59. The van der Waals surface area contributed by atoms with Gasteiger partial charge in [0.25, 0.3) is 0 Å². The Morgan fingerprint density at radius 1 is 1.19 bits per heavy atom. The molecule has 0 saturated carbocycles. The SMILES string of the molecule is CC(C)c1ccc(Nc2ncc(F)c(Nc3cccc(OCC#N)c3)n2)cc1S(N)(=O)=O. The number of rotatable bonds is 8. The Morgan fingerprint density at radius 2 is 1.94 bits per heavy atom. The van der Waals surface area contributed by atoms with Crippen LogP contribution in [0.5, 0.6) is 5.75 Å². The Bertz CT molecular complexity index is 1270. The predicted molar refractivity (Wildman–Crippen MR) is 118 cm³/mol. The monoisotopic (exact) mass is 456 g/mol. The van der Waals surface area contributed by atoms with E-state index in [9.17, 15) is 12.8 Å². The van der Waals surface area contributed by atoms with E-state index >= 15 is 0 Å². The van der Waals surface area contributed by atoms with Crippen molar-refractivity contribution in [2.75, 3.05) is 17.2 Å². The summed E-state index contributed by atoms with van der Waals surface area (Å²) in [7, 11) is -3.94. The third kappa shape index (κ3) is 5.69. The van der Waals surface area contributed by atoms with Gasteiger partial charge in [0.2, 0.25) is 16.0 Å². The van der Waals surface area contributed by atoms with E-state index in [2.05, 4.69) is 20.6 Å². The summed E-state index contributed by atoms with van der Waals surface area (Å²) in [6, 6.07) is 13.2. The van der Waals surface area contributed by atoms with Crippen molar-refractivity contribution in [3.63, 3.8) is 0 Å². The van der Waals surface area contributed by atoms with Crippen molar-refractivity contribution in [2.45, 2.75) is 24.7 Å². The van der Waals surface area contributed by atoms with Crippen LogP contribution >= 0.6 is 0 Å². The van der Waals surface area contributed by atoms with E-state index in [-0.39, 0.29) is 29.2 Å². The van der Waals surface area contributed by atoms with Crippen molar-refractivity contribution in [1.82, 2.24) is 9.97 Å². The average molecular weight is 457 g/mol. The number of nitrogens with two attached hydrogens (primary N) is 1. The molecule has 1 heterocycles. The van der Waals surface area contributed by atoms with Crippen molar-refractivity contribution in [3.05, 3.63) is 60.0 Å². The second-order valence-corrected chi connectivity index (χ2v) is 8.60. The topological polar surface area (TPSA) is 143 Å². The van der Waals surface area contributed by atoms with Gasteiger partial charge in [0.15, 0.2) is 18.2 Å². The van der Waals surface area contributed by atoms with Crippen LogP contribution in [-0.4, -0.2) is 25.0 Å². The van der Waals surface area contributed by atoms with Crippen LogP contribution in [0.1, 0.15) is 25.3 Å². The van der Waals surface area contributed by atoms with E-state index in [4.69, 9.17) is 15.1 Å². The molecular formula is C21H21FN6O3S. The Kier molecular flexibility index (Phi) is 6.87. The highest BCUT2D eigenvalue weighted by molar-refractivity contribution is 7.89. The quantitative estimate of drug-likeness (QED) is 0.465. The van der Waals surface area contributed by atoms with E-state index < -0.39 is 15.8 Å². The van der Waals surface area contributed by atoms with Crippen LogP contribution in [0.4, 0.5) is 27.5 Å². The Labute approximate surface area is 185 Å². The fourth-order valence-corrected chi connectivity index (χ4v) is 3.82. The van der Waals surface area contributed by atoms with Crippen molar-refractivity contribution in [2.24, 2.45) is 5.14 Å². The van der Waals surface area contributed by atoms with E-state index in [1.54, 1.807) is 36.4 Å². The Hall–Kier alpha value is -3.75. The first-order chi connectivity index (χ1) is 15.2. The summed E-state index contributed by atoms with van der Waals surface area (Å²) < 4.78 is 43.5. The minimum Gasteiger partial charge on any atom is -0.479 e. The van der Waals surface area contributed by atoms with E-state index in [0.717, 1.165) is 6.20 Å². The molecule has 3 aromatic rings. The Balaban J connectivity index is 1.86. The summed E-state index contributed by atoms with van der Waals surface area (Å²) in [6.45, 7) is 3.60. The molecule has 2 aromatic carbocycles. The van der Waals surface area contributed by atoms with Gasteiger partial charge in [0.05, 0.1) is 11.1 Å². The molecule has 0 spiro atoms. The maximum atomic E-state index is 14.3. The number of halogens is 1. The van der Waals surface area contributed by atoms with Crippen molar-refractivity contribution >= 4 is 33.2 Å². The summed E-state index contributed by atoms with van der Waals surface area (Å²) in [5.41, 5.74) is 1.45. The number of anilines is 4. The van der Waals surface area contributed by atoms with Crippen LogP contribution in [0.25, 0.3) is 0 Å². The van der Waals surface area contributed by atoms with Crippen molar-refractivity contribution in [1.29, 1.82) is 5.26 Å². The lowest BCUT2D eigenvalue weighted by Gasteiger charge is -2.14. The van der Waals surface area contributed by atoms with Crippen LogP contribution in [-0.2, 0) is 10.0 Å². The highest BCUT2D eigenvalue weighted by atomic mass is 32.2. The maximum absolute atomic E-state index is 14.3. The number of benzene rings is 2. The predicted octanol–water partition coefficient (Wildman–Crippen LogP) is 3.78. The van der Waals surface area contributed by atoms with Gasteiger partial charge >= 0.3 is 0 Å². The maximum Gasteiger partial charge on any atom is 0.238 e. The molecule has 0 unspecified atom stereocenters. The molecule has 166 valence electrons. The van der Waals surface area contributed by atoms with Gasteiger partial charge < -0.3 is 15.4 Å². The molecule has 0 radical (unpaired) electrons. The van der Waals surface area contributed by atoms with Gasteiger partial charge in [-0.1, -0.05) is 26.0 Å². The van der Waals surface area contributed by atoms with Gasteiger partial charge in [0.1, 0.15) is 11.8 Å². The average Bonchev–Trinajstić information content (AvgIpc) is 2.74. The molecule has 32 heavy (non-hydrogen) atoms. The molecule has 9 nitrogen and oxygen atoms in total. The molecule has 0 aliphatic heterocycles. The lowest BCUT2D eigenvalue weighted by atomic mass is 10.0. The minimum atomic E-state index is -3.94. The normalized spacial score (nSPS) is 11.1. The smallest absolute Gasteiger partial charge is 0.238 e. The molecule has 0 bridgehead atoms. The van der Waals surface area contributed by atoms with Gasteiger partial charge in [-0.25, -0.2) is 22.9 Å². The number of hydrogen-bond acceptors (Lipinski definition) is 8. The molecule has 0 atom stereocenters. The van der Waals surface area contributed by atoms with Gasteiger partial charge in [-0.05, 0) is 35.7 Å². The first-order valence-corrected chi connectivity index (χ1v) is 11.0. The molecular weight excluding hydrogens is 435 g/mol. The summed E-state index contributed by atoms with van der Waals surface area (Å²) in [4.78, 5) is 8.02. The fraction of sp³-hybridized carbons (Fsp3) is 0.190. The van der Waals surface area contributed by atoms with E-state index in [0.29, 0.717) is 22.7 Å². The highest BCUT2D eigenvalue weighted by Crippen LogP contribution is 2.28. The molecule has 0 aliphatic carbocycles. The van der Waals surface area contributed by atoms with Crippen LogP contribution in [0.3, 0.4) is 0 Å². The number of hydrogen-bond donors (Lipinski definition) is 3. The van der Waals surface area contributed by atoms with Crippen molar-refractivity contribution < 1.29 is 17.5 Å². The zero-order chi connectivity index (χ0) is 23.3. The molecule has 0 aliphatic rings. The fourth-order valence-electron chi connectivity index (χ4n) is 2.90. The summed E-state index contributed by atoms with van der Waals surface area (Å²) in [5.74, 6) is -0.374. The summed E-state index contributed by atoms with van der Waals surface area (Å²) in [6.07, 6.45) is 0.983. The van der Waals surface area contributed by atoms with Gasteiger partial charge in [-0.3, -0.25) is 0 Å². The largest absolute Gasteiger partial charge is 0.479 e. The van der Waals surface area contributed by atoms with Crippen molar-refractivity contribution in [3.8, 4) is 11.8 Å². The molecule has 11 heteroatoms. The first kappa shape index (κ1) is 22.9. The van der Waals surface area contributed by atoms with Gasteiger partial charge in [-0.2, -0.15) is 10.2 Å². The summed E-state index contributed by atoms with van der Waals surface area (Å²) in [5, 5.41) is 19.7. The zero-order valence-electron chi connectivity index (χ0n) is 17.3. The third-order valence-corrected chi connectivity index (χ3v) is 5.31. The number of aromatic nitrogens is 2. The molecule has 1 aromatic heterocycles. The Morgan fingerprint density at radius 3 is 2.62 bits per heavy atom. The van der Waals surface area contributed by atoms with Gasteiger partial charge in [0, 0.05) is 17.4 Å². The summed E-state index contributed by atoms with van der Waals surface area (Å²) >= 11 is 0. The second-order valence-electron chi connectivity index (χ2n) is 7.07. The minimum absolute atomic E-state index is 0.00727. The molecule has 4 N–H and O–H groups in total. The molecule has 3 rings (SSSR count). The lowest BCUT2D eigenvalue weighted by molar-refractivity contribution is 0.368. The van der Waals surface area contributed by atoms with Gasteiger partial charge in [-0.15, -0.1) is 0 Å². The van der Waals surface area contributed by atoms with E-state index in [1.165, 1.54) is 6.07 Å². The zero-order valence-corrected chi connectivity index (χ0v) is 18.1. The molecule has 0 fully saturated rings. The number of nitrogens with one attached hydrogen (secondary N) is 2. The number of primary sulfonamides is 1.